The first-order valence-electron chi connectivity index (χ1n) is 7.62. The van der Waals surface area contributed by atoms with Crippen LogP contribution in [0.3, 0.4) is 0 Å². The van der Waals surface area contributed by atoms with Gasteiger partial charge in [0.05, 0.1) is 29.6 Å². The smallest absolute Gasteiger partial charge is 0.195 e. The number of aryl methyl sites for hydroxylation is 1. The SMILES string of the molecule is Cc1ccc(-c2csc3nc(-c4ccccn4)c(CC#N)n23)cc1. The number of hydrogen-bond acceptors (Lipinski definition) is 4. The van der Waals surface area contributed by atoms with Crippen LogP contribution < -0.4 is 0 Å². The van der Waals surface area contributed by atoms with E-state index in [0.29, 0.717) is 6.42 Å². The van der Waals surface area contributed by atoms with Crippen molar-refractivity contribution in [2.24, 2.45) is 0 Å². The minimum Gasteiger partial charge on any atom is -0.285 e. The fourth-order valence-corrected chi connectivity index (χ4v) is 3.70. The lowest BCUT2D eigenvalue weighted by molar-refractivity contribution is 1.07. The molecule has 0 saturated heterocycles. The molecule has 1 aromatic carbocycles. The Hall–Kier alpha value is -2.97. The van der Waals surface area contributed by atoms with Gasteiger partial charge in [0.1, 0.15) is 5.69 Å². The van der Waals surface area contributed by atoms with Crippen LogP contribution in [0.2, 0.25) is 0 Å². The van der Waals surface area contributed by atoms with E-state index in [9.17, 15) is 5.26 Å². The Morgan fingerprint density at radius 1 is 1.17 bits per heavy atom. The average Bonchev–Trinajstić information content (AvgIpc) is 3.17. The Balaban J connectivity index is 1.96. The number of aromatic nitrogens is 3. The number of nitrogens with zero attached hydrogens (tertiary/aromatic N) is 4. The van der Waals surface area contributed by atoms with Crippen molar-refractivity contribution in [3.05, 3.63) is 65.3 Å². The minimum absolute atomic E-state index is 0.294. The maximum absolute atomic E-state index is 9.30. The monoisotopic (exact) mass is 330 g/mol. The van der Waals surface area contributed by atoms with Crippen molar-refractivity contribution in [3.63, 3.8) is 0 Å². The predicted molar refractivity (Wildman–Crippen MR) is 95.8 cm³/mol. The molecule has 0 spiro atoms. The molecule has 0 fully saturated rings. The normalized spacial score (nSPS) is 10.8. The van der Waals surface area contributed by atoms with Crippen LogP contribution in [-0.2, 0) is 6.42 Å². The van der Waals surface area contributed by atoms with Crippen LogP contribution in [0, 0.1) is 18.3 Å². The van der Waals surface area contributed by atoms with E-state index in [2.05, 4.69) is 52.0 Å². The van der Waals surface area contributed by atoms with E-state index in [1.807, 2.05) is 18.2 Å². The molecule has 0 amide bonds. The molecule has 0 N–H and O–H groups in total. The molecule has 5 heteroatoms. The summed E-state index contributed by atoms with van der Waals surface area (Å²) in [4.78, 5) is 10.0. The van der Waals surface area contributed by atoms with Crippen LogP contribution in [0.1, 0.15) is 11.3 Å². The maximum atomic E-state index is 9.30. The number of pyridine rings is 1. The van der Waals surface area contributed by atoms with E-state index in [4.69, 9.17) is 4.98 Å². The molecule has 4 rings (SSSR count). The van der Waals surface area contributed by atoms with Crippen LogP contribution in [-0.4, -0.2) is 14.4 Å². The van der Waals surface area contributed by atoms with Crippen LogP contribution in [0.5, 0.6) is 0 Å². The number of nitriles is 1. The molecule has 0 saturated carbocycles. The Kier molecular flexibility index (Phi) is 3.60. The number of thiazole rings is 1. The summed E-state index contributed by atoms with van der Waals surface area (Å²) >= 11 is 1.58. The molecule has 3 aromatic heterocycles. The Morgan fingerprint density at radius 3 is 2.71 bits per heavy atom. The van der Waals surface area contributed by atoms with Crippen molar-refractivity contribution in [1.82, 2.24) is 14.4 Å². The van der Waals surface area contributed by atoms with Gasteiger partial charge in [-0.25, -0.2) is 4.98 Å². The van der Waals surface area contributed by atoms with Crippen molar-refractivity contribution >= 4 is 16.3 Å². The van der Waals surface area contributed by atoms with Gasteiger partial charge >= 0.3 is 0 Å². The Labute approximate surface area is 143 Å². The summed E-state index contributed by atoms with van der Waals surface area (Å²) < 4.78 is 2.09. The van der Waals surface area contributed by atoms with Crippen molar-refractivity contribution in [1.29, 1.82) is 5.26 Å². The summed E-state index contributed by atoms with van der Waals surface area (Å²) in [7, 11) is 0. The van der Waals surface area contributed by atoms with Gasteiger partial charge in [-0.05, 0) is 24.6 Å². The number of rotatable bonds is 3. The van der Waals surface area contributed by atoms with Crippen molar-refractivity contribution in [3.8, 4) is 28.7 Å². The van der Waals surface area contributed by atoms with Gasteiger partial charge in [-0.1, -0.05) is 35.9 Å². The molecule has 0 bridgehead atoms. The molecular formula is C19H14N4S. The topological polar surface area (TPSA) is 54.0 Å². The highest BCUT2D eigenvalue weighted by molar-refractivity contribution is 7.15. The van der Waals surface area contributed by atoms with Gasteiger partial charge in [-0.15, -0.1) is 11.3 Å². The molecule has 0 atom stereocenters. The molecule has 24 heavy (non-hydrogen) atoms. The van der Waals surface area contributed by atoms with E-state index in [-0.39, 0.29) is 0 Å². The molecule has 0 radical (unpaired) electrons. The molecule has 4 nitrogen and oxygen atoms in total. The third-order valence-corrected chi connectivity index (χ3v) is 4.79. The molecule has 0 unspecified atom stereocenters. The lowest BCUT2D eigenvalue weighted by Crippen LogP contribution is -1.96. The highest BCUT2D eigenvalue weighted by atomic mass is 32.1. The zero-order valence-electron chi connectivity index (χ0n) is 13.1. The standard InChI is InChI=1S/C19H14N4S/c1-13-5-7-14(8-6-13)17-12-24-19-22-18(15-4-2-3-11-21-15)16(9-10-20)23(17)19/h2-8,11-12H,9H2,1H3. The molecule has 3 heterocycles. The number of fused-ring (bicyclic) bond motifs is 1. The quantitative estimate of drug-likeness (QED) is 0.556. The Bertz CT molecular complexity index is 1040. The predicted octanol–water partition coefficient (Wildman–Crippen LogP) is 4.50. The van der Waals surface area contributed by atoms with E-state index in [1.54, 1.807) is 17.5 Å². The number of imidazole rings is 1. The molecule has 0 aliphatic carbocycles. The second kappa shape index (κ2) is 5.91. The van der Waals surface area contributed by atoms with Gasteiger partial charge in [-0.3, -0.25) is 9.38 Å². The van der Waals surface area contributed by atoms with Crippen LogP contribution >= 0.6 is 11.3 Å². The summed E-state index contributed by atoms with van der Waals surface area (Å²) in [6, 6.07) is 16.4. The van der Waals surface area contributed by atoms with Crippen LogP contribution in [0.15, 0.2) is 54.0 Å². The number of benzene rings is 1. The van der Waals surface area contributed by atoms with E-state index >= 15 is 0 Å². The van der Waals surface area contributed by atoms with Gasteiger partial charge in [0.15, 0.2) is 4.96 Å². The van der Waals surface area contributed by atoms with Gasteiger partial charge in [-0.2, -0.15) is 5.26 Å². The third kappa shape index (κ3) is 2.38. The first kappa shape index (κ1) is 14.6. The van der Waals surface area contributed by atoms with Crippen molar-refractivity contribution in [2.75, 3.05) is 0 Å². The molecule has 4 aromatic rings. The second-order valence-electron chi connectivity index (χ2n) is 5.56. The molecule has 116 valence electrons. The zero-order chi connectivity index (χ0) is 16.5. The maximum Gasteiger partial charge on any atom is 0.195 e. The lowest BCUT2D eigenvalue weighted by atomic mass is 10.1. The summed E-state index contributed by atoms with van der Waals surface area (Å²) in [6.45, 7) is 2.07. The fraction of sp³-hybridized carbons (Fsp3) is 0.105. The van der Waals surface area contributed by atoms with Crippen molar-refractivity contribution < 1.29 is 0 Å². The zero-order valence-corrected chi connectivity index (χ0v) is 13.9. The van der Waals surface area contributed by atoms with E-state index in [0.717, 1.165) is 33.3 Å². The van der Waals surface area contributed by atoms with E-state index < -0.39 is 0 Å². The Morgan fingerprint density at radius 2 is 2.00 bits per heavy atom. The van der Waals surface area contributed by atoms with Crippen molar-refractivity contribution in [2.45, 2.75) is 13.3 Å². The van der Waals surface area contributed by atoms with Gasteiger partial charge in [0.2, 0.25) is 0 Å². The average molecular weight is 330 g/mol. The lowest BCUT2D eigenvalue weighted by Gasteiger charge is -2.05. The first-order chi connectivity index (χ1) is 11.8. The molecule has 0 aliphatic rings. The van der Waals surface area contributed by atoms with E-state index in [1.165, 1.54) is 5.56 Å². The summed E-state index contributed by atoms with van der Waals surface area (Å²) in [5.74, 6) is 0. The van der Waals surface area contributed by atoms with Gasteiger partial charge in [0, 0.05) is 11.6 Å². The summed E-state index contributed by atoms with van der Waals surface area (Å²) in [5.41, 5.74) is 5.89. The minimum atomic E-state index is 0.294. The molecule has 0 aliphatic heterocycles. The number of hydrogen-bond donors (Lipinski definition) is 0. The first-order valence-corrected chi connectivity index (χ1v) is 8.50. The molecular weight excluding hydrogens is 316 g/mol. The largest absolute Gasteiger partial charge is 0.285 e. The van der Waals surface area contributed by atoms with Crippen LogP contribution in [0.4, 0.5) is 0 Å². The summed E-state index contributed by atoms with van der Waals surface area (Å²) in [5, 5.41) is 11.4. The van der Waals surface area contributed by atoms with Gasteiger partial charge in [0.25, 0.3) is 0 Å². The highest BCUT2D eigenvalue weighted by Crippen LogP contribution is 2.32. The van der Waals surface area contributed by atoms with Crippen LogP contribution in [0.25, 0.3) is 27.6 Å². The van der Waals surface area contributed by atoms with Gasteiger partial charge < -0.3 is 0 Å². The highest BCUT2D eigenvalue weighted by Gasteiger charge is 2.19. The fourth-order valence-electron chi connectivity index (χ4n) is 2.79. The summed E-state index contributed by atoms with van der Waals surface area (Å²) in [6.07, 6.45) is 2.04. The second-order valence-corrected chi connectivity index (χ2v) is 6.40. The third-order valence-electron chi connectivity index (χ3n) is 3.96.